The number of hydrogen-bond donors (Lipinski definition) is 3. The molecule has 0 spiro atoms. The van der Waals surface area contributed by atoms with Crippen molar-refractivity contribution in [1.82, 2.24) is 20.5 Å². The first-order valence-electron chi connectivity index (χ1n) is 11.4. The summed E-state index contributed by atoms with van der Waals surface area (Å²) in [4.78, 5) is 39.6. The summed E-state index contributed by atoms with van der Waals surface area (Å²) in [7, 11) is 0. The van der Waals surface area contributed by atoms with E-state index < -0.39 is 0 Å². The first-order chi connectivity index (χ1) is 15.6. The second kappa shape index (κ2) is 14.5. The Balaban J connectivity index is 0.00000114. The monoisotopic (exact) mass is 448 g/mol. The molecule has 2 fully saturated rings. The summed E-state index contributed by atoms with van der Waals surface area (Å²) in [5, 5.41) is 13.2. The normalized spacial score (nSPS) is 22.0. The SMILES string of the molecule is CCC(=O)N[C@H]1CC[C@@H](C(=O)NCCc2ccncc2)CN(C2CCOCC2)C1.O=CO. The van der Waals surface area contributed by atoms with E-state index in [0.717, 1.165) is 58.4 Å². The van der Waals surface area contributed by atoms with Gasteiger partial charge in [-0.05, 0) is 49.8 Å². The van der Waals surface area contributed by atoms with Gasteiger partial charge in [-0.2, -0.15) is 0 Å². The molecule has 2 aliphatic rings. The van der Waals surface area contributed by atoms with Gasteiger partial charge in [0.15, 0.2) is 0 Å². The molecule has 1 aromatic heterocycles. The summed E-state index contributed by atoms with van der Waals surface area (Å²) in [5.41, 5.74) is 1.17. The zero-order chi connectivity index (χ0) is 23.2. The van der Waals surface area contributed by atoms with Crippen LogP contribution in [0.4, 0.5) is 0 Å². The maximum atomic E-state index is 12.9. The van der Waals surface area contributed by atoms with Crippen LogP contribution in [0.3, 0.4) is 0 Å². The average molecular weight is 449 g/mol. The van der Waals surface area contributed by atoms with Crippen LogP contribution in [0.2, 0.25) is 0 Å². The number of carbonyl (C=O) groups excluding carboxylic acids is 2. The van der Waals surface area contributed by atoms with Crippen LogP contribution in [0.5, 0.6) is 0 Å². The Labute approximate surface area is 189 Å². The van der Waals surface area contributed by atoms with Crippen molar-refractivity contribution in [3.05, 3.63) is 30.1 Å². The first-order valence-corrected chi connectivity index (χ1v) is 11.4. The van der Waals surface area contributed by atoms with Gasteiger partial charge in [-0.1, -0.05) is 6.92 Å². The highest BCUT2D eigenvalue weighted by atomic mass is 16.5. The van der Waals surface area contributed by atoms with Crippen LogP contribution in [0.1, 0.15) is 44.6 Å². The average Bonchev–Trinajstić information content (AvgIpc) is 3.03. The molecule has 3 heterocycles. The molecule has 178 valence electrons. The number of likely N-dealkylation sites (tertiary alicyclic amines) is 1. The number of nitrogens with zero attached hydrogens (tertiary/aromatic N) is 2. The Kier molecular flexibility index (Phi) is 11.7. The maximum Gasteiger partial charge on any atom is 0.290 e. The number of amides is 2. The van der Waals surface area contributed by atoms with Crippen LogP contribution in [-0.2, 0) is 25.5 Å². The molecule has 9 heteroatoms. The topological polar surface area (TPSA) is 121 Å². The Bertz CT molecular complexity index is 697. The van der Waals surface area contributed by atoms with Gasteiger partial charge in [0.2, 0.25) is 11.8 Å². The summed E-state index contributed by atoms with van der Waals surface area (Å²) < 4.78 is 5.52. The van der Waals surface area contributed by atoms with Crippen LogP contribution in [0.25, 0.3) is 0 Å². The lowest BCUT2D eigenvalue weighted by molar-refractivity contribution is -0.126. The molecular formula is C23H36N4O5. The standard InChI is InChI=1S/C22H34N4O3.CH2O2/c1-2-21(27)25-19-4-3-18(15-26(16-19)20-8-13-29-14-9-20)22(28)24-12-7-17-5-10-23-11-6-17;2-1-3/h5-6,10-11,18-20H,2-4,7-9,12-16H2,1H3,(H,24,28)(H,25,27);1H,(H,2,3)/t18-,19+;/m1./s1. The molecule has 2 aliphatic heterocycles. The first kappa shape index (κ1) is 25.7. The number of aromatic nitrogens is 1. The van der Waals surface area contributed by atoms with E-state index in [-0.39, 0.29) is 30.2 Å². The minimum Gasteiger partial charge on any atom is -0.483 e. The highest BCUT2D eigenvalue weighted by molar-refractivity contribution is 5.79. The zero-order valence-electron chi connectivity index (χ0n) is 18.9. The van der Waals surface area contributed by atoms with E-state index in [1.165, 1.54) is 5.56 Å². The van der Waals surface area contributed by atoms with Gasteiger partial charge in [-0.3, -0.25) is 24.3 Å². The van der Waals surface area contributed by atoms with Crippen LogP contribution in [0.15, 0.2) is 24.5 Å². The molecule has 0 aromatic carbocycles. The molecule has 0 saturated carbocycles. The minimum atomic E-state index is -0.250. The van der Waals surface area contributed by atoms with Gasteiger partial charge < -0.3 is 20.5 Å². The van der Waals surface area contributed by atoms with Crippen molar-refractivity contribution in [3.8, 4) is 0 Å². The largest absolute Gasteiger partial charge is 0.483 e. The van der Waals surface area contributed by atoms with Gasteiger partial charge in [0.05, 0.1) is 5.92 Å². The van der Waals surface area contributed by atoms with Crippen LogP contribution >= 0.6 is 0 Å². The number of carboxylic acid groups (broad SMARTS) is 1. The van der Waals surface area contributed by atoms with E-state index in [1.54, 1.807) is 12.4 Å². The fraction of sp³-hybridized carbons (Fsp3) is 0.652. The van der Waals surface area contributed by atoms with E-state index in [2.05, 4.69) is 20.5 Å². The smallest absolute Gasteiger partial charge is 0.290 e. The Morgan fingerprint density at radius 3 is 2.53 bits per heavy atom. The molecule has 32 heavy (non-hydrogen) atoms. The molecule has 1 aromatic rings. The second-order valence-corrected chi connectivity index (χ2v) is 8.19. The van der Waals surface area contributed by atoms with Crippen molar-refractivity contribution < 1.29 is 24.2 Å². The predicted octanol–water partition coefficient (Wildman–Crippen LogP) is 1.23. The molecule has 3 rings (SSSR count). The minimum absolute atomic E-state index is 0.0428. The third kappa shape index (κ3) is 8.92. The van der Waals surface area contributed by atoms with Gasteiger partial charge in [0.25, 0.3) is 6.47 Å². The third-order valence-corrected chi connectivity index (χ3v) is 6.00. The highest BCUT2D eigenvalue weighted by Crippen LogP contribution is 2.23. The summed E-state index contributed by atoms with van der Waals surface area (Å²) in [6.45, 7) is 5.38. The van der Waals surface area contributed by atoms with Gasteiger partial charge in [-0.15, -0.1) is 0 Å². The molecule has 2 atom stereocenters. The van der Waals surface area contributed by atoms with E-state index in [1.807, 2.05) is 19.1 Å². The number of carbonyl (C=O) groups is 3. The lowest BCUT2D eigenvalue weighted by Gasteiger charge is -2.36. The number of ether oxygens (including phenoxy) is 1. The maximum absolute atomic E-state index is 12.9. The van der Waals surface area contributed by atoms with E-state index >= 15 is 0 Å². The lowest BCUT2D eigenvalue weighted by Crippen LogP contribution is -2.49. The zero-order valence-corrected chi connectivity index (χ0v) is 18.9. The molecule has 0 aliphatic carbocycles. The van der Waals surface area contributed by atoms with Gasteiger partial charge in [0.1, 0.15) is 0 Å². The van der Waals surface area contributed by atoms with Crippen LogP contribution in [-0.4, -0.2) is 78.2 Å². The van der Waals surface area contributed by atoms with Crippen molar-refractivity contribution in [2.24, 2.45) is 5.92 Å². The van der Waals surface area contributed by atoms with Crippen molar-refractivity contribution in [1.29, 1.82) is 0 Å². The summed E-state index contributed by atoms with van der Waals surface area (Å²) >= 11 is 0. The Morgan fingerprint density at radius 1 is 1.19 bits per heavy atom. The van der Waals surface area contributed by atoms with Gasteiger partial charge >= 0.3 is 0 Å². The summed E-state index contributed by atoms with van der Waals surface area (Å²) in [6.07, 6.45) is 8.48. The molecule has 0 bridgehead atoms. The molecule has 2 amide bonds. The van der Waals surface area contributed by atoms with Crippen molar-refractivity contribution in [2.45, 2.75) is 57.5 Å². The van der Waals surface area contributed by atoms with Crippen molar-refractivity contribution >= 4 is 18.3 Å². The molecule has 9 nitrogen and oxygen atoms in total. The molecule has 2 saturated heterocycles. The third-order valence-electron chi connectivity index (χ3n) is 6.00. The van der Waals surface area contributed by atoms with Crippen LogP contribution in [0, 0.1) is 5.92 Å². The molecule has 3 N–H and O–H groups in total. The molecule has 0 radical (unpaired) electrons. The van der Waals surface area contributed by atoms with E-state index in [0.29, 0.717) is 19.0 Å². The van der Waals surface area contributed by atoms with Gasteiger partial charge in [0, 0.05) is 63.7 Å². The second-order valence-electron chi connectivity index (χ2n) is 8.19. The van der Waals surface area contributed by atoms with Gasteiger partial charge in [-0.25, -0.2) is 0 Å². The Hall–Kier alpha value is -2.52. The van der Waals surface area contributed by atoms with E-state index in [9.17, 15) is 9.59 Å². The number of hydrogen-bond acceptors (Lipinski definition) is 6. The molecule has 0 unspecified atom stereocenters. The molecular weight excluding hydrogens is 412 g/mol. The van der Waals surface area contributed by atoms with Crippen molar-refractivity contribution in [2.75, 3.05) is 32.8 Å². The fourth-order valence-electron chi connectivity index (χ4n) is 4.26. The fourth-order valence-corrected chi connectivity index (χ4v) is 4.26. The van der Waals surface area contributed by atoms with Crippen LogP contribution < -0.4 is 10.6 Å². The Morgan fingerprint density at radius 2 is 1.88 bits per heavy atom. The summed E-state index contributed by atoms with van der Waals surface area (Å²) in [5.74, 6) is 0.166. The van der Waals surface area contributed by atoms with E-state index in [4.69, 9.17) is 14.6 Å². The number of nitrogens with one attached hydrogen (secondary N) is 2. The highest BCUT2D eigenvalue weighted by Gasteiger charge is 2.32. The summed E-state index contributed by atoms with van der Waals surface area (Å²) in [6, 6.07) is 4.49. The number of rotatable bonds is 7. The quantitative estimate of drug-likeness (QED) is 0.537. The lowest BCUT2D eigenvalue weighted by atomic mass is 10.00. The predicted molar refractivity (Wildman–Crippen MR) is 120 cm³/mol. The van der Waals surface area contributed by atoms with Crippen molar-refractivity contribution in [3.63, 3.8) is 0 Å². The number of pyridine rings is 1.